The smallest absolute Gasteiger partial charge is 0.416 e. The lowest BCUT2D eigenvalue weighted by Gasteiger charge is -2.18. The minimum absolute atomic E-state index is 0.217. The minimum Gasteiger partial charge on any atom is -0.469 e. The summed E-state index contributed by atoms with van der Waals surface area (Å²) in [5.74, 6) is 0.732. The van der Waals surface area contributed by atoms with Crippen molar-refractivity contribution in [2.45, 2.75) is 26.2 Å². The standard InChI is InChI=1S/C16H17F3N2O2/c1-11-13(7-8-23-11)9-20-15(22)21(2)10-12-3-5-14(6-4-12)16(17,18)19/h3-8H,9-10H2,1-2H3,(H,20,22). The highest BCUT2D eigenvalue weighted by atomic mass is 19.4. The van der Waals surface area contributed by atoms with Crippen LogP contribution in [0.1, 0.15) is 22.5 Å². The van der Waals surface area contributed by atoms with Crippen LogP contribution in [0.5, 0.6) is 0 Å². The van der Waals surface area contributed by atoms with Gasteiger partial charge in [0.2, 0.25) is 0 Å². The normalized spacial score (nSPS) is 11.3. The molecular weight excluding hydrogens is 309 g/mol. The predicted molar refractivity (Wildman–Crippen MR) is 78.6 cm³/mol. The molecule has 1 heterocycles. The van der Waals surface area contributed by atoms with Crippen molar-refractivity contribution < 1.29 is 22.4 Å². The molecule has 2 amide bonds. The Kier molecular flexibility index (Phi) is 4.98. The maximum absolute atomic E-state index is 12.5. The fourth-order valence-corrected chi connectivity index (χ4v) is 2.05. The van der Waals surface area contributed by atoms with Crippen LogP contribution in [0, 0.1) is 6.92 Å². The maximum Gasteiger partial charge on any atom is 0.416 e. The summed E-state index contributed by atoms with van der Waals surface area (Å²) in [5, 5.41) is 2.73. The zero-order chi connectivity index (χ0) is 17.0. The van der Waals surface area contributed by atoms with Crippen LogP contribution in [0.3, 0.4) is 0 Å². The maximum atomic E-state index is 12.5. The number of halogens is 3. The van der Waals surface area contributed by atoms with Gasteiger partial charge in [-0.05, 0) is 30.7 Å². The molecule has 0 saturated carbocycles. The van der Waals surface area contributed by atoms with Gasteiger partial charge in [-0.3, -0.25) is 0 Å². The number of hydrogen-bond acceptors (Lipinski definition) is 2. The van der Waals surface area contributed by atoms with Gasteiger partial charge in [0.25, 0.3) is 0 Å². The molecule has 0 aliphatic heterocycles. The minimum atomic E-state index is -4.36. The molecule has 0 aliphatic carbocycles. The van der Waals surface area contributed by atoms with Gasteiger partial charge in [-0.25, -0.2) is 4.79 Å². The van der Waals surface area contributed by atoms with Gasteiger partial charge in [0.05, 0.1) is 11.8 Å². The summed E-state index contributed by atoms with van der Waals surface area (Å²) in [6.07, 6.45) is -2.81. The zero-order valence-electron chi connectivity index (χ0n) is 12.8. The first-order valence-corrected chi connectivity index (χ1v) is 6.95. The van der Waals surface area contributed by atoms with Crippen LogP contribution in [0.4, 0.5) is 18.0 Å². The summed E-state index contributed by atoms with van der Waals surface area (Å²) in [5.41, 5.74) is 0.792. The largest absolute Gasteiger partial charge is 0.469 e. The van der Waals surface area contributed by atoms with Gasteiger partial charge in [-0.2, -0.15) is 13.2 Å². The number of benzene rings is 1. The number of alkyl halides is 3. The molecule has 23 heavy (non-hydrogen) atoms. The van der Waals surface area contributed by atoms with Crippen LogP contribution in [-0.2, 0) is 19.3 Å². The van der Waals surface area contributed by atoms with Crippen LogP contribution in [-0.4, -0.2) is 18.0 Å². The first-order chi connectivity index (χ1) is 10.8. The number of carbonyl (C=O) groups is 1. The van der Waals surface area contributed by atoms with Gasteiger partial charge in [0, 0.05) is 25.7 Å². The van der Waals surface area contributed by atoms with Crippen molar-refractivity contribution in [1.29, 1.82) is 0 Å². The van der Waals surface area contributed by atoms with Gasteiger partial charge >= 0.3 is 12.2 Å². The van der Waals surface area contributed by atoms with Crippen molar-refractivity contribution in [3.8, 4) is 0 Å². The average molecular weight is 326 g/mol. The van der Waals surface area contributed by atoms with Crippen LogP contribution in [0.15, 0.2) is 41.0 Å². The number of aryl methyl sites for hydroxylation is 1. The van der Waals surface area contributed by atoms with Gasteiger partial charge in [0.15, 0.2) is 0 Å². The van der Waals surface area contributed by atoms with Gasteiger partial charge in [-0.1, -0.05) is 12.1 Å². The fourth-order valence-electron chi connectivity index (χ4n) is 2.05. The van der Waals surface area contributed by atoms with Crippen molar-refractivity contribution >= 4 is 6.03 Å². The van der Waals surface area contributed by atoms with E-state index in [1.807, 2.05) is 0 Å². The van der Waals surface area contributed by atoms with Gasteiger partial charge < -0.3 is 14.6 Å². The molecule has 1 aromatic carbocycles. The molecule has 0 bridgehead atoms. The van der Waals surface area contributed by atoms with E-state index in [0.29, 0.717) is 12.1 Å². The van der Waals surface area contributed by atoms with E-state index in [-0.39, 0.29) is 12.6 Å². The molecule has 0 fully saturated rings. The summed E-state index contributed by atoms with van der Waals surface area (Å²) in [7, 11) is 1.58. The number of nitrogens with one attached hydrogen (secondary N) is 1. The number of furan rings is 1. The van der Waals surface area contributed by atoms with Crippen molar-refractivity contribution in [3.05, 3.63) is 59.0 Å². The number of amides is 2. The molecule has 0 aliphatic rings. The SMILES string of the molecule is Cc1occc1CNC(=O)N(C)Cc1ccc(C(F)(F)F)cc1. The first kappa shape index (κ1) is 16.9. The molecule has 1 N–H and O–H groups in total. The van der Waals surface area contributed by atoms with Gasteiger partial charge in [-0.15, -0.1) is 0 Å². The van der Waals surface area contributed by atoms with E-state index < -0.39 is 11.7 Å². The van der Waals surface area contributed by atoms with E-state index in [4.69, 9.17) is 4.42 Å². The average Bonchev–Trinajstić information content (AvgIpc) is 2.89. The van der Waals surface area contributed by atoms with Crippen LogP contribution in [0.2, 0.25) is 0 Å². The van der Waals surface area contributed by atoms with Crippen LogP contribution >= 0.6 is 0 Å². The molecule has 1 aromatic heterocycles. The topological polar surface area (TPSA) is 45.5 Å². The molecule has 2 rings (SSSR count). The molecule has 0 saturated heterocycles. The molecule has 7 heteroatoms. The lowest BCUT2D eigenvalue weighted by Crippen LogP contribution is -2.36. The lowest BCUT2D eigenvalue weighted by atomic mass is 10.1. The van der Waals surface area contributed by atoms with E-state index in [0.717, 1.165) is 23.5 Å². The number of rotatable bonds is 4. The highest BCUT2D eigenvalue weighted by Crippen LogP contribution is 2.29. The van der Waals surface area contributed by atoms with Crippen molar-refractivity contribution in [2.24, 2.45) is 0 Å². The summed E-state index contributed by atoms with van der Waals surface area (Å²) >= 11 is 0. The Morgan fingerprint density at radius 2 is 1.87 bits per heavy atom. The number of hydrogen-bond donors (Lipinski definition) is 1. The Balaban J connectivity index is 1.89. The Bertz CT molecular complexity index is 663. The van der Waals surface area contributed by atoms with Crippen molar-refractivity contribution in [3.63, 3.8) is 0 Å². The zero-order valence-corrected chi connectivity index (χ0v) is 12.8. The van der Waals surface area contributed by atoms with Crippen molar-refractivity contribution in [1.82, 2.24) is 10.2 Å². The quantitative estimate of drug-likeness (QED) is 0.925. The second-order valence-electron chi connectivity index (χ2n) is 5.21. The second kappa shape index (κ2) is 6.76. The number of carbonyl (C=O) groups excluding carboxylic acids is 1. The van der Waals surface area contributed by atoms with E-state index in [1.165, 1.54) is 17.0 Å². The highest BCUT2D eigenvalue weighted by Gasteiger charge is 2.29. The second-order valence-corrected chi connectivity index (χ2v) is 5.21. The van der Waals surface area contributed by atoms with E-state index in [9.17, 15) is 18.0 Å². The monoisotopic (exact) mass is 326 g/mol. The molecule has 2 aromatic rings. The molecule has 0 spiro atoms. The first-order valence-electron chi connectivity index (χ1n) is 6.95. The molecule has 0 unspecified atom stereocenters. The number of nitrogens with zero attached hydrogens (tertiary/aromatic N) is 1. The molecule has 0 atom stereocenters. The van der Waals surface area contributed by atoms with Crippen LogP contribution < -0.4 is 5.32 Å². The molecular formula is C16H17F3N2O2. The summed E-state index contributed by atoms with van der Waals surface area (Å²) in [6.45, 7) is 2.35. The Morgan fingerprint density at radius 1 is 1.22 bits per heavy atom. The summed E-state index contributed by atoms with van der Waals surface area (Å²) in [6, 6.07) is 6.21. The highest BCUT2D eigenvalue weighted by molar-refractivity contribution is 5.73. The Morgan fingerprint density at radius 3 is 2.39 bits per heavy atom. The van der Waals surface area contributed by atoms with Crippen molar-refractivity contribution in [2.75, 3.05) is 7.05 Å². The third kappa shape index (κ3) is 4.51. The van der Waals surface area contributed by atoms with Crippen LogP contribution in [0.25, 0.3) is 0 Å². The third-order valence-electron chi connectivity index (χ3n) is 3.44. The fraction of sp³-hybridized carbons (Fsp3) is 0.312. The Hall–Kier alpha value is -2.44. The molecule has 0 radical (unpaired) electrons. The molecule has 4 nitrogen and oxygen atoms in total. The van der Waals surface area contributed by atoms with Gasteiger partial charge in [0.1, 0.15) is 5.76 Å². The van der Waals surface area contributed by atoms with E-state index in [2.05, 4.69) is 5.32 Å². The lowest BCUT2D eigenvalue weighted by molar-refractivity contribution is -0.137. The predicted octanol–water partition coefficient (Wildman–Crippen LogP) is 3.95. The Labute approximate surface area is 131 Å². The van der Waals surface area contributed by atoms with E-state index in [1.54, 1.807) is 26.3 Å². The molecule has 124 valence electrons. The third-order valence-corrected chi connectivity index (χ3v) is 3.44. The summed E-state index contributed by atoms with van der Waals surface area (Å²) in [4.78, 5) is 13.4. The summed E-state index contributed by atoms with van der Waals surface area (Å²) < 4.78 is 42.6. The van der Waals surface area contributed by atoms with E-state index >= 15 is 0 Å². The number of urea groups is 1.